The van der Waals surface area contributed by atoms with E-state index in [4.69, 9.17) is 13.8 Å². The molecule has 0 spiro atoms. The number of rotatable bonds is 6. The van der Waals surface area contributed by atoms with E-state index < -0.39 is 12.9 Å². The van der Waals surface area contributed by atoms with Gasteiger partial charge in [0.1, 0.15) is 16.8 Å². The summed E-state index contributed by atoms with van der Waals surface area (Å²) >= 11 is 0. The van der Waals surface area contributed by atoms with Gasteiger partial charge in [-0.05, 0) is 37.1 Å². The van der Waals surface area contributed by atoms with E-state index in [1.807, 2.05) is 60.7 Å². The van der Waals surface area contributed by atoms with Crippen molar-refractivity contribution < 1.29 is 18.3 Å². The molecule has 5 nitrogen and oxygen atoms in total. The molecule has 0 N–H and O–H groups in total. The Morgan fingerprint density at radius 2 is 1.29 bits per heavy atom. The molecule has 1 aliphatic heterocycles. The quantitative estimate of drug-likeness (QED) is 0.613. The molecule has 1 saturated heterocycles. The Kier molecular flexibility index (Phi) is 6.05. The monoisotopic (exact) mass is 401 g/mol. The second-order valence-electron chi connectivity index (χ2n) is 7.45. The number of benzene rings is 2. The molecule has 0 atom stereocenters. The second-order valence-corrected chi connectivity index (χ2v) is 9.64. The first kappa shape index (κ1) is 19.5. The summed E-state index contributed by atoms with van der Waals surface area (Å²) in [7, 11) is -3.57. The molecular formula is C22H28NO4P. The highest BCUT2D eigenvalue weighted by molar-refractivity contribution is 7.56. The van der Waals surface area contributed by atoms with Crippen molar-refractivity contribution >= 4 is 7.60 Å². The van der Waals surface area contributed by atoms with E-state index in [0.29, 0.717) is 24.7 Å². The predicted molar refractivity (Wildman–Crippen MR) is 110 cm³/mol. The van der Waals surface area contributed by atoms with Crippen LogP contribution in [0.25, 0.3) is 0 Å². The lowest BCUT2D eigenvalue weighted by Crippen LogP contribution is -2.55. The molecule has 0 radical (unpaired) electrons. The molecule has 1 heterocycles. The van der Waals surface area contributed by atoms with Gasteiger partial charge in [-0.15, -0.1) is 0 Å². The van der Waals surface area contributed by atoms with Crippen molar-refractivity contribution in [2.75, 3.05) is 26.3 Å². The number of hydrogen-bond acceptors (Lipinski definition) is 5. The van der Waals surface area contributed by atoms with Crippen molar-refractivity contribution in [1.82, 2.24) is 4.90 Å². The first-order chi connectivity index (χ1) is 13.7. The van der Waals surface area contributed by atoms with Crippen LogP contribution in [-0.4, -0.2) is 36.5 Å². The molecule has 0 unspecified atom stereocenters. The Bertz CT molecular complexity index is 741. The fourth-order valence-electron chi connectivity index (χ4n) is 4.29. The summed E-state index contributed by atoms with van der Waals surface area (Å²) in [5.41, 5.74) is 0. The van der Waals surface area contributed by atoms with Crippen molar-refractivity contribution in [2.45, 2.75) is 37.4 Å². The summed E-state index contributed by atoms with van der Waals surface area (Å²) in [6, 6.07) is 18.8. The maximum Gasteiger partial charge on any atom is 0.450 e. The van der Waals surface area contributed by atoms with Crippen LogP contribution < -0.4 is 9.05 Å². The number of hydrogen-bond donors (Lipinski definition) is 0. The van der Waals surface area contributed by atoms with Crippen LogP contribution in [0.2, 0.25) is 0 Å². The van der Waals surface area contributed by atoms with Crippen molar-refractivity contribution in [3.05, 3.63) is 60.7 Å². The summed E-state index contributed by atoms with van der Waals surface area (Å²) in [4.78, 5) is 2.31. The standard InChI is InChI=1S/C22H28NO4P/c24-28(26-20-10-4-1-5-11-20,27-21-12-6-2-7-13-21)22(14-8-3-9-15-22)23-16-18-25-19-17-23/h1-2,4-7,10-13H,3,8-9,14-19H2. The third kappa shape index (κ3) is 3.98. The lowest BCUT2D eigenvalue weighted by Gasteiger charge is -2.49. The van der Waals surface area contributed by atoms with Crippen LogP contribution in [0.4, 0.5) is 0 Å². The van der Waals surface area contributed by atoms with Crippen LogP contribution in [0.5, 0.6) is 11.5 Å². The Balaban J connectivity index is 1.75. The van der Waals surface area contributed by atoms with Gasteiger partial charge in [-0.3, -0.25) is 4.90 Å². The van der Waals surface area contributed by atoms with Crippen molar-refractivity contribution in [3.8, 4) is 11.5 Å². The van der Waals surface area contributed by atoms with Gasteiger partial charge in [0.05, 0.1) is 13.2 Å². The Morgan fingerprint density at radius 1 is 0.786 bits per heavy atom. The topological polar surface area (TPSA) is 48.0 Å². The minimum Gasteiger partial charge on any atom is -0.415 e. The molecule has 2 aliphatic rings. The maximum atomic E-state index is 14.6. The second kappa shape index (κ2) is 8.69. The fraction of sp³-hybridized carbons (Fsp3) is 0.455. The number of morpholine rings is 1. The summed E-state index contributed by atoms with van der Waals surface area (Å²) in [6.07, 6.45) is 4.83. The van der Waals surface area contributed by atoms with E-state index in [-0.39, 0.29) is 0 Å². The highest BCUT2D eigenvalue weighted by Gasteiger charge is 2.58. The van der Waals surface area contributed by atoms with Crippen LogP contribution in [-0.2, 0) is 9.30 Å². The van der Waals surface area contributed by atoms with Gasteiger partial charge in [0.2, 0.25) is 0 Å². The summed E-state index contributed by atoms with van der Waals surface area (Å²) < 4.78 is 32.7. The van der Waals surface area contributed by atoms with Gasteiger partial charge in [-0.2, -0.15) is 0 Å². The summed E-state index contributed by atoms with van der Waals surface area (Å²) in [5.74, 6) is 1.17. The van der Waals surface area contributed by atoms with Gasteiger partial charge in [0.15, 0.2) is 0 Å². The van der Waals surface area contributed by atoms with Crippen LogP contribution >= 0.6 is 7.60 Å². The molecule has 0 amide bonds. The molecule has 1 aliphatic carbocycles. The van der Waals surface area contributed by atoms with Gasteiger partial charge >= 0.3 is 7.60 Å². The highest BCUT2D eigenvalue weighted by Crippen LogP contribution is 2.65. The third-order valence-corrected chi connectivity index (χ3v) is 8.35. The molecule has 28 heavy (non-hydrogen) atoms. The van der Waals surface area contributed by atoms with Gasteiger partial charge < -0.3 is 13.8 Å². The molecule has 2 fully saturated rings. The zero-order valence-electron chi connectivity index (χ0n) is 16.2. The van der Waals surface area contributed by atoms with E-state index >= 15 is 0 Å². The van der Waals surface area contributed by atoms with Gasteiger partial charge in [0, 0.05) is 13.1 Å². The molecule has 2 aromatic carbocycles. The summed E-state index contributed by atoms with van der Waals surface area (Å²) in [5, 5.41) is -0.624. The molecule has 4 rings (SSSR count). The van der Waals surface area contributed by atoms with E-state index in [9.17, 15) is 4.57 Å². The fourth-order valence-corrected chi connectivity index (χ4v) is 6.88. The molecule has 2 aromatic rings. The Labute approximate surface area is 167 Å². The third-order valence-electron chi connectivity index (χ3n) is 5.70. The SMILES string of the molecule is O=P(Oc1ccccc1)(Oc1ccccc1)C1(N2CCOCC2)CCCCC1. The summed E-state index contributed by atoms with van der Waals surface area (Å²) in [6.45, 7) is 2.80. The number of para-hydroxylation sites is 2. The molecule has 0 bridgehead atoms. The zero-order valence-corrected chi connectivity index (χ0v) is 17.1. The lowest BCUT2D eigenvalue weighted by atomic mass is 9.93. The van der Waals surface area contributed by atoms with E-state index in [2.05, 4.69) is 4.90 Å². The van der Waals surface area contributed by atoms with E-state index in [0.717, 1.165) is 45.2 Å². The lowest BCUT2D eigenvalue weighted by molar-refractivity contribution is -0.0127. The predicted octanol–water partition coefficient (Wildman–Crippen LogP) is 5.33. The first-order valence-corrected chi connectivity index (χ1v) is 11.7. The molecule has 1 saturated carbocycles. The van der Waals surface area contributed by atoms with Crippen molar-refractivity contribution in [2.24, 2.45) is 0 Å². The number of ether oxygens (including phenoxy) is 1. The van der Waals surface area contributed by atoms with Gasteiger partial charge in [0.25, 0.3) is 0 Å². The van der Waals surface area contributed by atoms with Crippen LogP contribution in [0.3, 0.4) is 0 Å². The normalized spacial score (nSPS) is 20.4. The molecule has 150 valence electrons. The smallest absolute Gasteiger partial charge is 0.415 e. The average Bonchev–Trinajstić information content (AvgIpc) is 2.76. The van der Waals surface area contributed by atoms with Gasteiger partial charge in [-0.25, -0.2) is 4.57 Å². The number of nitrogens with zero attached hydrogens (tertiary/aromatic N) is 1. The van der Waals surface area contributed by atoms with E-state index in [1.54, 1.807) is 0 Å². The van der Waals surface area contributed by atoms with Crippen LogP contribution in [0, 0.1) is 0 Å². The molecular weight excluding hydrogens is 373 g/mol. The van der Waals surface area contributed by atoms with Crippen molar-refractivity contribution in [1.29, 1.82) is 0 Å². The average molecular weight is 401 g/mol. The van der Waals surface area contributed by atoms with Gasteiger partial charge in [-0.1, -0.05) is 55.7 Å². The highest BCUT2D eigenvalue weighted by atomic mass is 31.2. The van der Waals surface area contributed by atoms with Crippen molar-refractivity contribution in [3.63, 3.8) is 0 Å². The largest absolute Gasteiger partial charge is 0.450 e. The Morgan fingerprint density at radius 3 is 1.79 bits per heavy atom. The first-order valence-electron chi connectivity index (χ1n) is 10.1. The van der Waals surface area contributed by atoms with Crippen LogP contribution in [0.15, 0.2) is 60.7 Å². The zero-order chi connectivity index (χ0) is 19.3. The molecule has 0 aromatic heterocycles. The Hall–Kier alpha value is -1.81. The van der Waals surface area contributed by atoms with Crippen LogP contribution in [0.1, 0.15) is 32.1 Å². The maximum absolute atomic E-state index is 14.6. The minimum absolute atomic E-state index is 0.583. The molecule has 6 heteroatoms. The van der Waals surface area contributed by atoms with E-state index in [1.165, 1.54) is 0 Å². The minimum atomic E-state index is -3.57.